The summed E-state index contributed by atoms with van der Waals surface area (Å²) in [4.78, 5) is 0. The molecule has 0 aromatic carbocycles. The molecule has 6 heteroatoms. The molecule has 0 heterocycles. The zero-order valence-corrected chi connectivity index (χ0v) is 7.60. The average Bonchev–Trinajstić information content (AvgIpc) is 2.10. The molecule has 0 bridgehead atoms. The Bertz CT molecular complexity index is 279. The van der Waals surface area contributed by atoms with Crippen molar-refractivity contribution in [1.29, 1.82) is 0 Å². The Morgan fingerprint density at radius 1 is 1.57 bits per heavy atom. The molecule has 3 nitrogen and oxygen atoms in total. The van der Waals surface area contributed by atoms with Gasteiger partial charge in [-0.25, -0.2) is 0 Å². The topological polar surface area (TPSA) is 58.6 Å². The molecule has 0 atom stereocenters. The molecule has 0 aliphatic carbocycles. The van der Waals surface area contributed by atoms with Crippen molar-refractivity contribution in [1.82, 2.24) is 0 Å². The number of alkyl halides is 3. The van der Waals surface area contributed by atoms with Crippen LogP contribution in [0, 0.1) is 0 Å². The molecule has 3 N–H and O–H groups in total. The summed E-state index contributed by atoms with van der Waals surface area (Å²) in [5.41, 5.74) is 4.12. The second kappa shape index (κ2) is 4.69. The first kappa shape index (κ1) is 12.5. The Labute approximate surface area is 79.4 Å². The maximum atomic E-state index is 12.2. The molecule has 0 rings (SSSR count). The van der Waals surface area contributed by atoms with Crippen molar-refractivity contribution in [3.05, 3.63) is 23.8 Å². The third-order valence-electron chi connectivity index (χ3n) is 1.53. The minimum absolute atomic E-state index is 0.165. The first-order chi connectivity index (χ1) is 6.32. The number of hydrogen-bond donors (Lipinski definition) is 2. The van der Waals surface area contributed by atoms with Crippen LogP contribution >= 0.6 is 0 Å². The van der Waals surface area contributed by atoms with E-state index in [4.69, 9.17) is 10.9 Å². The van der Waals surface area contributed by atoms with Crippen LogP contribution in [0.2, 0.25) is 0 Å². The van der Waals surface area contributed by atoms with Crippen LogP contribution in [0.25, 0.3) is 0 Å². The van der Waals surface area contributed by atoms with E-state index in [1.165, 1.54) is 6.92 Å². The highest BCUT2D eigenvalue weighted by Gasteiger charge is 2.32. The van der Waals surface area contributed by atoms with Gasteiger partial charge >= 0.3 is 6.18 Å². The number of halogens is 3. The number of hydrogen-bond acceptors (Lipinski definition) is 2. The minimum Gasteiger partial charge on any atom is -0.409 e. The van der Waals surface area contributed by atoms with E-state index in [9.17, 15) is 13.2 Å². The predicted molar refractivity (Wildman–Crippen MR) is 47.0 cm³/mol. The molecule has 0 aromatic heterocycles. The second-order valence-corrected chi connectivity index (χ2v) is 2.53. The molecule has 0 spiro atoms. The minimum atomic E-state index is -4.41. The molecule has 0 unspecified atom stereocenters. The maximum absolute atomic E-state index is 12.2. The molecule has 0 radical (unpaired) electrons. The Morgan fingerprint density at radius 2 is 2.07 bits per heavy atom. The number of nitrogens with zero attached hydrogens (tertiary/aromatic N) is 1. The van der Waals surface area contributed by atoms with Crippen molar-refractivity contribution in [3.63, 3.8) is 0 Å². The third kappa shape index (κ3) is 3.51. The van der Waals surface area contributed by atoms with Gasteiger partial charge in [0.1, 0.15) is 0 Å². The lowest BCUT2D eigenvalue weighted by Crippen LogP contribution is -2.16. The van der Waals surface area contributed by atoms with Crippen molar-refractivity contribution in [2.24, 2.45) is 10.9 Å². The van der Waals surface area contributed by atoms with Gasteiger partial charge < -0.3 is 10.9 Å². The summed E-state index contributed by atoms with van der Waals surface area (Å²) in [5.74, 6) is -0.430. The Morgan fingerprint density at radius 3 is 2.36 bits per heavy atom. The summed E-state index contributed by atoms with van der Waals surface area (Å²) in [6, 6.07) is 0. The van der Waals surface area contributed by atoms with Crippen LogP contribution in [-0.2, 0) is 0 Å². The fourth-order valence-corrected chi connectivity index (χ4v) is 0.733. The Balaban J connectivity index is 4.88. The van der Waals surface area contributed by atoms with Gasteiger partial charge in [0.2, 0.25) is 0 Å². The van der Waals surface area contributed by atoms with E-state index in [1.54, 1.807) is 0 Å². The molecule has 0 amide bonds. The van der Waals surface area contributed by atoms with Gasteiger partial charge in [-0.3, -0.25) is 0 Å². The largest absolute Gasteiger partial charge is 0.412 e. The van der Waals surface area contributed by atoms with Crippen LogP contribution in [0.1, 0.15) is 13.3 Å². The van der Waals surface area contributed by atoms with Crippen LogP contribution < -0.4 is 5.73 Å². The van der Waals surface area contributed by atoms with Crippen molar-refractivity contribution in [2.75, 3.05) is 0 Å². The number of nitrogens with two attached hydrogens (primary N) is 1. The van der Waals surface area contributed by atoms with Crippen LogP contribution in [0.3, 0.4) is 0 Å². The van der Waals surface area contributed by atoms with E-state index in [-0.39, 0.29) is 12.0 Å². The van der Waals surface area contributed by atoms with E-state index in [2.05, 4.69) is 11.7 Å². The van der Waals surface area contributed by atoms with Gasteiger partial charge in [0, 0.05) is 11.1 Å². The Hall–Kier alpha value is -1.46. The van der Waals surface area contributed by atoms with E-state index < -0.39 is 17.6 Å². The number of amidine groups is 1. The smallest absolute Gasteiger partial charge is 0.409 e. The van der Waals surface area contributed by atoms with E-state index in [0.29, 0.717) is 0 Å². The number of rotatable bonds is 3. The van der Waals surface area contributed by atoms with Gasteiger partial charge in [-0.2, -0.15) is 13.2 Å². The predicted octanol–water partition coefficient (Wildman–Crippen LogP) is 2.19. The zero-order valence-electron chi connectivity index (χ0n) is 7.60. The van der Waals surface area contributed by atoms with Gasteiger partial charge in [0.15, 0.2) is 5.84 Å². The van der Waals surface area contributed by atoms with Crippen LogP contribution in [0.4, 0.5) is 13.2 Å². The molecule has 0 fully saturated rings. The van der Waals surface area contributed by atoms with Gasteiger partial charge in [-0.1, -0.05) is 18.7 Å². The summed E-state index contributed by atoms with van der Waals surface area (Å²) in [6.07, 6.45) is -3.84. The quantitative estimate of drug-likeness (QED) is 0.245. The van der Waals surface area contributed by atoms with Gasteiger partial charge in [-0.05, 0) is 12.5 Å². The summed E-state index contributed by atoms with van der Waals surface area (Å²) in [5, 5.41) is 10.7. The lowest BCUT2D eigenvalue weighted by atomic mass is 10.1. The molecule has 0 aromatic rings. The fraction of sp³-hybridized carbons (Fsp3) is 0.375. The highest BCUT2D eigenvalue weighted by Crippen LogP contribution is 2.28. The molecule has 0 aliphatic rings. The lowest BCUT2D eigenvalue weighted by molar-refractivity contribution is -0.0935. The van der Waals surface area contributed by atoms with Crippen molar-refractivity contribution >= 4 is 5.84 Å². The summed E-state index contributed by atoms with van der Waals surface area (Å²) in [7, 11) is 0. The molecule has 0 aliphatic heterocycles. The molecule has 80 valence electrons. The van der Waals surface area contributed by atoms with Gasteiger partial charge in [-0.15, -0.1) is 0 Å². The second-order valence-electron chi connectivity index (χ2n) is 2.53. The van der Waals surface area contributed by atoms with Crippen LogP contribution in [0.5, 0.6) is 0 Å². The monoisotopic (exact) mass is 208 g/mol. The van der Waals surface area contributed by atoms with E-state index >= 15 is 0 Å². The number of allylic oxidation sites excluding steroid dienone is 1. The van der Waals surface area contributed by atoms with Crippen molar-refractivity contribution < 1.29 is 18.4 Å². The van der Waals surface area contributed by atoms with Gasteiger partial charge in [0.05, 0.1) is 0 Å². The van der Waals surface area contributed by atoms with Crippen molar-refractivity contribution in [3.8, 4) is 0 Å². The van der Waals surface area contributed by atoms with Gasteiger partial charge in [0.25, 0.3) is 0 Å². The summed E-state index contributed by atoms with van der Waals surface area (Å²) < 4.78 is 36.6. The summed E-state index contributed by atoms with van der Waals surface area (Å²) >= 11 is 0. The first-order valence-electron chi connectivity index (χ1n) is 3.77. The normalized spacial score (nSPS) is 14.3. The molecule has 0 saturated heterocycles. The molecular formula is C8H11F3N2O. The molecule has 14 heavy (non-hydrogen) atoms. The zero-order chi connectivity index (χ0) is 11.4. The standard InChI is InChI=1S/C8H11F3N2O/c1-3-6(8(9,10)11)4-5(2)7(12)13-14/h4,14H,2-3H2,1H3,(H2,12,13)/b6-4+. The van der Waals surface area contributed by atoms with Crippen LogP contribution in [-0.4, -0.2) is 17.2 Å². The molecule has 0 saturated carbocycles. The SMILES string of the molecule is C=C(/C=C(\CC)C(F)(F)F)/C(N)=N/O. The average molecular weight is 208 g/mol. The maximum Gasteiger partial charge on any atom is 0.412 e. The highest BCUT2D eigenvalue weighted by atomic mass is 19.4. The number of oxime groups is 1. The van der Waals surface area contributed by atoms with E-state index in [0.717, 1.165) is 6.08 Å². The lowest BCUT2D eigenvalue weighted by Gasteiger charge is -2.09. The molecular weight excluding hydrogens is 197 g/mol. The summed E-state index contributed by atoms with van der Waals surface area (Å²) in [6.45, 7) is 4.59. The van der Waals surface area contributed by atoms with E-state index in [1.807, 2.05) is 0 Å². The Kier molecular flexibility index (Phi) is 4.20. The van der Waals surface area contributed by atoms with Crippen LogP contribution in [0.15, 0.2) is 29.0 Å². The first-order valence-corrected chi connectivity index (χ1v) is 3.77. The van der Waals surface area contributed by atoms with Crippen molar-refractivity contribution in [2.45, 2.75) is 19.5 Å². The highest BCUT2D eigenvalue weighted by molar-refractivity contribution is 5.98. The fourth-order valence-electron chi connectivity index (χ4n) is 0.733. The third-order valence-corrected chi connectivity index (χ3v) is 1.53.